The largest absolute Gasteiger partial charge is 0.0683 e. The van der Waals surface area contributed by atoms with Crippen LogP contribution in [0.2, 0.25) is 0 Å². The molecule has 0 atom stereocenters. The topological polar surface area (TPSA) is 0 Å². The van der Waals surface area contributed by atoms with Gasteiger partial charge in [-0.15, -0.1) is 0 Å². The van der Waals surface area contributed by atoms with Crippen LogP contribution in [0.4, 0.5) is 0 Å². The molecule has 0 heterocycles. The minimum atomic E-state index is 0.262. The lowest BCUT2D eigenvalue weighted by Crippen LogP contribution is -2.15. The zero-order chi connectivity index (χ0) is 16.3. The normalized spacial score (nSPS) is 10.1. The molecule has 1 aromatic carbocycles. The molecule has 0 N–H and O–H groups in total. The van der Waals surface area contributed by atoms with Gasteiger partial charge in [0, 0.05) is 0 Å². The minimum Gasteiger partial charge on any atom is -0.0683 e. The highest BCUT2D eigenvalue weighted by molar-refractivity contribution is 5.42. The van der Waals surface area contributed by atoms with E-state index in [-0.39, 0.29) is 5.41 Å². The molecular formula is C20H38. The molecule has 0 fully saturated rings. The van der Waals surface area contributed by atoms with Gasteiger partial charge in [0.2, 0.25) is 0 Å². The van der Waals surface area contributed by atoms with Gasteiger partial charge in [0.1, 0.15) is 0 Å². The molecule has 0 radical (unpaired) electrons. The second-order valence-corrected chi connectivity index (χ2v) is 5.78. The molecule has 118 valence electrons. The van der Waals surface area contributed by atoms with Crippen LogP contribution in [0, 0.1) is 6.92 Å². The van der Waals surface area contributed by atoms with Crippen LogP contribution in [0.15, 0.2) is 12.1 Å². The average molecular weight is 279 g/mol. The Balaban J connectivity index is 0. The molecule has 0 amide bonds. The van der Waals surface area contributed by atoms with E-state index in [9.17, 15) is 0 Å². The predicted octanol–water partition coefficient (Wildman–Crippen LogP) is 6.86. The van der Waals surface area contributed by atoms with Gasteiger partial charge in [-0.3, -0.25) is 0 Å². The van der Waals surface area contributed by atoms with Crippen LogP contribution in [0.3, 0.4) is 0 Å². The lowest BCUT2D eigenvalue weighted by atomic mass is 9.80. The highest BCUT2D eigenvalue weighted by Gasteiger charge is 2.18. The van der Waals surface area contributed by atoms with Crippen molar-refractivity contribution in [1.29, 1.82) is 0 Å². The van der Waals surface area contributed by atoms with Crippen molar-refractivity contribution in [3.05, 3.63) is 34.4 Å². The number of hydrogen-bond donors (Lipinski definition) is 0. The lowest BCUT2D eigenvalue weighted by molar-refractivity contribution is 0.583. The standard InChI is InChI=1S/C16H26.2C2H6/c1-7-9-13-10-14(8-2)12(3)15(11-13)16(4,5)6;2*1-2/h10-11H,7-9H2,1-6H3;2*1-2H3. The summed E-state index contributed by atoms with van der Waals surface area (Å²) in [5.74, 6) is 0. The molecule has 0 saturated carbocycles. The zero-order valence-corrected chi connectivity index (χ0v) is 15.8. The molecule has 20 heavy (non-hydrogen) atoms. The number of hydrogen-bond acceptors (Lipinski definition) is 0. The molecule has 0 aliphatic heterocycles. The van der Waals surface area contributed by atoms with E-state index in [1.54, 1.807) is 0 Å². The Morgan fingerprint density at radius 3 is 1.75 bits per heavy atom. The van der Waals surface area contributed by atoms with E-state index in [0.29, 0.717) is 0 Å². The van der Waals surface area contributed by atoms with Crippen LogP contribution in [-0.4, -0.2) is 0 Å². The molecule has 0 heteroatoms. The van der Waals surface area contributed by atoms with E-state index in [1.165, 1.54) is 35.1 Å². The summed E-state index contributed by atoms with van der Waals surface area (Å²) in [5, 5.41) is 0. The minimum absolute atomic E-state index is 0.262. The second-order valence-electron chi connectivity index (χ2n) is 5.78. The highest BCUT2D eigenvalue weighted by Crippen LogP contribution is 2.29. The lowest BCUT2D eigenvalue weighted by Gasteiger charge is -2.24. The summed E-state index contributed by atoms with van der Waals surface area (Å²) in [4.78, 5) is 0. The van der Waals surface area contributed by atoms with Gasteiger partial charge in [-0.25, -0.2) is 0 Å². The van der Waals surface area contributed by atoms with E-state index >= 15 is 0 Å². The van der Waals surface area contributed by atoms with Crippen molar-refractivity contribution in [1.82, 2.24) is 0 Å². The van der Waals surface area contributed by atoms with Crippen molar-refractivity contribution in [3.63, 3.8) is 0 Å². The summed E-state index contributed by atoms with van der Waals surface area (Å²) in [6.45, 7) is 21.7. The van der Waals surface area contributed by atoms with Crippen LogP contribution < -0.4 is 0 Å². The van der Waals surface area contributed by atoms with E-state index < -0.39 is 0 Å². The van der Waals surface area contributed by atoms with Crippen molar-refractivity contribution in [2.45, 2.75) is 93.9 Å². The Bertz CT molecular complexity index is 353. The summed E-state index contributed by atoms with van der Waals surface area (Å²) >= 11 is 0. The van der Waals surface area contributed by atoms with Crippen molar-refractivity contribution < 1.29 is 0 Å². The van der Waals surface area contributed by atoms with Gasteiger partial charge in [-0.1, -0.05) is 80.9 Å². The fraction of sp³-hybridized carbons (Fsp3) is 0.700. The SMILES string of the molecule is CC.CC.CCCc1cc(CC)c(C)c(C(C)(C)C)c1. The van der Waals surface area contributed by atoms with Crippen LogP contribution >= 0.6 is 0 Å². The van der Waals surface area contributed by atoms with Crippen molar-refractivity contribution in [3.8, 4) is 0 Å². The van der Waals surface area contributed by atoms with Gasteiger partial charge in [-0.2, -0.15) is 0 Å². The van der Waals surface area contributed by atoms with Crippen molar-refractivity contribution >= 4 is 0 Å². The monoisotopic (exact) mass is 278 g/mol. The predicted molar refractivity (Wildman–Crippen MR) is 95.9 cm³/mol. The van der Waals surface area contributed by atoms with Crippen LogP contribution in [0.25, 0.3) is 0 Å². The molecule has 0 unspecified atom stereocenters. The first-order chi connectivity index (χ1) is 9.40. The van der Waals surface area contributed by atoms with Crippen LogP contribution in [-0.2, 0) is 18.3 Å². The zero-order valence-electron chi connectivity index (χ0n) is 15.8. The molecule has 0 bridgehead atoms. The van der Waals surface area contributed by atoms with Gasteiger partial charge in [0.15, 0.2) is 0 Å². The summed E-state index contributed by atoms with van der Waals surface area (Å²) in [7, 11) is 0. The quantitative estimate of drug-likeness (QED) is 0.566. The third kappa shape index (κ3) is 6.59. The van der Waals surface area contributed by atoms with Crippen LogP contribution in [0.5, 0.6) is 0 Å². The Labute approximate surface area is 129 Å². The Hall–Kier alpha value is -0.780. The van der Waals surface area contributed by atoms with Gasteiger partial charge >= 0.3 is 0 Å². The molecule has 1 rings (SSSR count). The van der Waals surface area contributed by atoms with Gasteiger partial charge in [0.25, 0.3) is 0 Å². The van der Waals surface area contributed by atoms with Crippen molar-refractivity contribution in [2.75, 3.05) is 0 Å². The third-order valence-corrected chi connectivity index (χ3v) is 3.30. The first-order valence-electron chi connectivity index (χ1n) is 8.53. The Kier molecular flexibility index (Phi) is 11.8. The number of aryl methyl sites for hydroxylation is 2. The first-order valence-corrected chi connectivity index (χ1v) is 8.53. The molecule has 0 aromatic heterocycles. The molecule has 0 aliphatic carbocycles. The average Bonchev–Trinajstić information content (AvgIpc) is 2.44. The van der Waals surface area contributed by atoms with E-state index in [2.05, 4.69) is 53.7 Å². The Morgan fingerprint density at radius 1 is 0.900 bits per heavy atom. The molecule has 0 nitrogen and oxygen atoms in total. The maximum atomic E-state index is 2.41. The van der Waals surface area contributed by atoms with Crippen molar-refractivity contribution in [2.24, 2.45) is 0 Å². The smallest absolute Gasteiger partial charge is 0.0129 e. The van der Waals surface area contributed by atoms with E-state index in [4.69, 9.17) is 0 Å². The second kappa shape index (κ2) is 10.9. The van der Waals surface area contributed by atoms with Gasteiger partial charge in [-0.05, 0) is 47.4 Å². The fourth-order valence-corrected chi connectivity index (χ4v) is 2.42. The summed E-state index contributed by atoms with van der Waals surface area (Å²) in [6.07, 6.45) is 3.58. The number of rotatable bonds is 3. The van der Waals surface area contributed by atoms with E-state index in [0.717, 1.165) is 6.42 Å². The van der Waals surface area contributed by atoms with Gasteiger partial charge in [0.05, 0.1) is 0 Å². The summed E-state index contributed by atoms with van der Waals surface area (Å²) in [6, 6.07) is 4.81. The maximum Gasteiger partial charge on any atom is -0.0129 e. The molecule has 0 spiro atoms. The van der Waals surface area contributed by atoms with Gasteiger partial charge < -0.3 is 0 Å². The molecule has 0 saturated heterocycles. The Morgan fingerprint density at radius 2 is 1.40 bits per heavy atom. The molecule has 0 aliphatic rings. The maximum absolute atomic E-state index is 2.41. The molecule has 1 aromatic rings. The third-order valence-electron chi connectivity index (χ3n) is 3.30. The fourth-order valence-electron chi connectivity index (χ4n) is 2.42. The highest BCUT2D eigenvalue weighted by atomic mass is 14.2. The van der Waals surface area contributed by atoms with Crippen LogP contribution in [0.1, 0.15) is 91.0 Å². The van der Waals surface area contributed by atoms with E-state index in [1.807, 2.05) is 27.7 Å². The summed E-state index contributed by atoms with van der Waals surface area (Å²) < 4.78 is 0. The first kappa shape index (κ1) is 21.5. The summed E-state index contributed by atoms with van der Waals surface area (Å²) in [5.41, 5.74) is 6.31. The molecular weight excluding hydrogens is 240 g/mol. The number of benzene rings is 1.